The molecule has 0 fully saturated rings. The number of carbonyl (C=O) groups excluding carboxylic acids is 1. The number of amides is 1. The van der Waals surface area contributed by atoms with Gasteiger partial charge in [-0.2, -0.15) is 0 Å². The number of allylic oxidation sites excluding steroid dienone is 19. The molecule has 0 rings (SSSR count). The van der Waals surface area contributed by atoms with E-state index in [1.54, 1.807) is 6.08 Å². The summed E-state index contributed by atoms with van der Waals surface area (Å²) in [4.78, 5) is 25.4. The highest BCUT2D eigenvalue weighted by Crippen LogP contribution is 2.38. The van der Waals surface area contributed by atoms with Gasteiger partial charge in [-0.15, -0.1) is 0 Å². The fourth-order valence-electron chi connectivity index (χ4n) is 7.88. The maximum atomic E-state index is 12.9. The van der Waals surface area contributed by atoms with Crippen molar-refractivity contribution >= 4 is 13.7 Å². The average molecular weight is 1040 g/mol. The van der Waals surface area contributed by atoms with Crippen LogP contribution in [0.15, 0.2) is 122 Å². The van der Waals surface area contributed by atoms with Gasteiger partial charge in [0.1, 0.15) is 13.2 Å². The molecule has 1 amide bonds. The number of unbranched alkanes of at least 4 members (excludes halogenated alkanes) is 21. The van der Waals surface area contributed by atoms with Crippen molar-refractivity contribution in [3.63, 3.8) is 0 Å². The van der Waals surface area contributed by atoms with Gasteiger partial charge in [0.25, 0.3) is 7.82 Å². The molecule has 3 unspecified atom stereocenters. The molecule has 418 valence electrons. The van der Waals surface area contributed by atoms with Crippen LogP contribution in [0, 0.1) is 0 Å². The molecular weight excluding hydrogens is 924 g/mol. The molecule has 8 nitrogen and oxygen atoms in total. The normalized spacial score (nSPS) is 14.8. The standard InChI is InChI=1S/C64H111N2O6P/c1-6-8-10-12-14-16-18-19-20-21-22-23-24-25-26-27-28-29-30-31-32-33-34-35-36-37-38-39-40-41-42-43-44-45-46-47-48-50-52-54-56-58-64(68)65-62(61-72-73(69,70)71-60-59-66(3,4)5)63(67)57-55-53-51-49-17-15-13-11-9-7-2/h8-11,14,16-17,19-20,22-23,25-26,28-29,31-32,49,55,57,62-63,67H,6-7,12-13,15,18,21,24,27,30,33-48,50-54,56,58-61H2,1-5H3,(H-,65,68,69,70)/b10-8-,11-9+,16-14-,20-19-,23-22-,26-25-,29-28-,32-31-,49-17+,57-55+. The van der Waals surface area contributed by atoms with Crippen molar-refractivity contribution in [2.24, 2.45) is 0 Å². The summed E-state index contributed by atoms with van der Waals surface area (Å²) < 4.78 is 23.2. The molecule has 0 aliphatic heterocycles. The molecule has 3 atom stereocenters. The molecule has 0 aromatic rings. The average Bonchev–Trinajstić information content (AvgIpc) is 3.35. The second kappa shape index (κ2) is 53.7. The molecule has 0 spiro atoms. The van der Waals surface area contributed by atoms with Crippen molar-refractivity contribution in [1.82, 2.24) is 5.32 Å². The smallest absolute Gasteiger partial charge is 0.268 e. The van der Waals surface area contributed by atoms with Gasteiger partial charge in [0, 0.05) is 6.42 Å². The lowest BCUT2D eigenvalue weighted by Crippen LogP contribution is -2.45. The number of likely N-dealkylation sites (N-methyl/N-ethyl adjacent to an activating group) is 1. The van der Waals surface area contributed by atoms with Crippen molar-refractivity contribution in [3.8, 4) is 0 Å². The summed E-state index contributed by atoms with van der Waals surface area (Å²) in [5, 5.41) is 13.7. The van der Waals surface area contributed by atoms with E-state index in [9.17, 15) is 19.4 Å². The molecule has 0 aromatic heterocycles. The monoisotopic (exact) mass is 1030 g/mol. The van der Waals surface area contributed by atoms with Crippen LogP contribution in [-0.2, 0) is 18.4 Å². The van der Waals surface area contributed by atoms with Crippen LogP contribution >= 0.6 is 7.82 Å². The lowest BCUT2D eigenvalue weighted by molar-refractivity contribution is -0.870. The fourth-order valence-corrected chi connectivity index (χ4v) is 8.60. The number of quaternary nitrogens is 1. The molecule has 73 heavy (non-hydrogen) atoms. The van der Waals surface area contributed by atoms with Crippen molar-refractivity contribution in [2.75, 3.05) is 40.9 Å². The van der Waals surface area contributed by atoms with Gasteiger partial charge in [0.15, 0.2) is 0 Å². The van der Waals surface area contributed by atoms with Gasteiger partial charge in [-0.25, -0.2) is 0 Å². The lowest BCUT2D eigenvalue weighted by Gasteiger charge is -2.29. The first-order valence-corrected chi connectivity index (χ1v) is 30.9. The molecule has 0 aromatic carbocycles. The predicted octanol–water partition coefficient (Wildman–Crippen LogP) is 17.5. The third-order valence-corrected chi connectivity index (χ3v) is 13.4. The summed E-state index contributed by atoms with van der Waals surface area (Å²) in [6.07, 6.45) is 80.4. The van der Waals surface area contributed by atoms with Gasteiger partial charge in [-0.3, -0.25) is 9.36 Å². The first-order chi connectivity index (χ1) is 35.5. The van der Waals surface area contributed by atoms with Crippen LogP contribution in [0.4, 0.5) is 0 Å². The van der Waals surface area contributed by atoms with E-state index in [-0.39, 0.29) is 12.5 Å². The maximum absolute atomic E-state index is 12.9. The minimum atomic E-state index is -4.60. The Morgan fingerprint density at radius 1 is 0.479 bits per heavy atom. The van der Waals surface area contributed by atoms with E-state index in [1.807, 2.05) is 27.2 Å². The number of hydrogen-bond donors (Lipinski definition) is 2. The van der Waals surface area contributed by atoms with Crippen molar-refractivity contribution < 1.29 is 32.9 Å². The topological polar surface area (TPSA) is 108 Å². The van der Waals surface area contributed by atoms with E-state index in [1.165, 1.54) is 109 Å². The largest absolute Gasteiger partial charge is 0.756 e. The molecule has 0 aliphatic rings. The number of phosphoric ester groups is 1. The minimum absolute atomic E-state index is 0.0128. The highest BCUT2D eigenvalue weighted by molar-refractivity contribution is 7.45. The van der Waals surface area contributed by atoms with Crippen LogP contribution in [0.25, 0.3) is 0 Å². The lowest BCUT2D eigenvalue weighted by atomic mass is 10.0. The fraction of sp³-hybridized carbons (Fsp3) is 0.672. The maximum Gasteiger partial charge on any atom is 0.268 e. The molecule has 9 heteroatoms. The Bertz CT molecular complexity index is 1600. The van der Waals surface area contributed by atoms with Crippen LogP contribution in [0.2, 0.25) is 0 Å². The van der Waals surface area contributed by atoms with Crippen LogP contribution in [0.5, 0.6) is 0 Å². The summed E-state index contributed by atoms with van der Waals surface area (Å²) in [7, 11) is 1.22. The summed E-state index contributed by atoms with van der Waals surface area (Å²) in [5.74, 6) is -0.216. The van der Waals surface area contributed by atoms with Crippen LogP contribution in [0.3, 0.4) is 0 Å². The van der Waals surface area contributed by atoms with E-state index in [2.05, 4.69) is 129 Å². The Balaban J connectivity index is 3.91. The number of aliphatic hydroxyl groups is 1. The Kier molecular flexibility index (Phi) is 51.4. The van der Waals surface area contributed by atoms with Gasteiger partial charge in [-0.05, 0) is 96.3 Å². The number of rotatable bonds is 52. The van der Waals surface area contributed by atoms with Crippen molar-refractivity contribution in [2.45, 2.75) is 238 Å². The SMILES string of the molecule is CC/C=C\C/C=C\C/C=C\C/C=C\C/C=C\C/C=C\C/C=C\CCCCCCCCCCCCCCCCCCCCCC(=O)NC(COP(=O)([O-])OCC[N+](C)(C)C)C(O)/C=C/CC/C=C/CC/C=C/CC. The van der Waals surface area contributed by atoms with Crippen molar-refractivity contribution in [1.29, 1.82) is 0 Å². The van der Waals surface area contributed by atoms with Gasteiger partial charge < -0.3 is 28.8 Å². The number of phosphoric acid groups is 1. The highest BCUT2D eigenvalue weighted by atomic mass is 31.2. The van der Waals surface area contributed by atoms with E-state index in [0.29, 0.717) is 17.4 Å². The molecule has 0 heterocycles. The Hall–Kier alpha value is -3.10. The Morgan fingerprint density at radius 2 is 0.808 bits per heavy atom. The molecular formula is C64H111N2O6P. The number of nitrogens with one attached hydrogen (secondary N) is 1. The molecule has 0 bridgehead atoms. The number of hydrogen-bond acceptors (Lipinski definition) is 6. The first-order valence-electron chi connectivity index (χ1n) is 29.4. The van der Waals surface area contributed by atoms with Gasteiger partial charge in [-0.1, -0.05) is 245 Å². The first kappa shape index (κ1) is 69.9. The predicted molar refractivity (Wildman–Crippen MR) is 315 cm³/mol. The molecule has 0 radical (unpaired) electrons. The molecule has 0 saturated heterocycles. The second-order valence-electron chi connectivity index (χ2n) is 20.6. The zero-order valence-electron chi connectivity index (χ0n) is 47.5. The van der Waals surface area contributed by atoms with Gasteiger partial charge in [0.2, 0.25) is 5.91 Å². The molecule has 0 saturated carbocycles. The summed E-state index contributed by atoms with van der Waals surface area (Å²) in [6.45, 7) is 4.36. The van der Waals surface area contributed by atoms with E-state index in [0.717, 1.165) is 96.3 Å². The number of aliphatic hydroxyl groups excluding tert-OH is 1. The summed E-state index contributed by atoms with van der Waals surface area (Å²) in [6, 6.07) is -0.913. The molecule has 2 N–H and O–H groups in total. The Morgan fingerprint density at radius 3 is 1.22 bits per heavy atom. The van der Waals surface area contributed by atoms with Crippen LogP contribution in [0.1, 0.15) is 226 Å². The van der Waals surface area contributed by atoms with E-state index < -0.39 is 26.6 Å². The Labute approximate surface area is 450 Å². The van der Waals surface area contributed by atoms with Crippen molar-refractivity contribution in [3.05, 3.63) is 122 Å². The summed E-state index contributed by atoms with van der Waals surface area (Å²) in [5.41, 5.74) is 0. The summed E-state index contributed by atoms with van der Waals surface area (Å²) >= 11 is 0. The van der Waals surface area contributed by atoms with Gasteiger partial charge in [0.05, 0.1) is 39.9 Å². The van der Waals surface area contributed by atoms with E-state index in [4.69, 9.17) is 9.05 Å². The number of carbonyl (C=O) groups is 1. The zero-order chi connectivity index (χ0) is 53.5. The highest BCUT2D eigenvalue weighted by Gasteiger charge is 2.23. The van der Waals surface area contributed by atoms with Gasteiger partial charge >= 0.3 is 0 Å². The van der Waals surface area contributed by atoms with Crippen LogP contribution < -0.4 is 10.2 Å². The quantitative estimate of drug-likeness (QED) is 0.0272. The number of nitrogens with zero attached hydrogens (tertiary/aromatic N) is 1. The minimum Gasteiger partial charge on any atom is -0.756 e. The van der Waals surface area contributed by atoms with Crippen LogP contribution in [-0.4, -0.2) is 68.5 Å². The molecule has 0 aliphatic carbocycles. The van der Waals surface area contributed by atoms with E-state index >= 15 is 0 Å². The second-order valence-corrected chi connectivity index (χ2v) is 22.0. The zero-order valence-corrected chi connectivity index (χ0v) is 48.4. The third-order valence-electron chi connectivity index (χ3n) is 12.4. The third kappa shape index (κ3) is 56.5.